The molecule has 26 heavy (non-hydrogen) atoms. The fourth-order valence-electron chi connectivity index (χ4n) is 2.71. The number of aryl methyl sites for hydroxylation is 1. The molecule has 6 nitrogen and oxygen atoms in total. The first-order valence-electron chi connectivity index (χ1n) is 8.22. The molecule has 1 amide bonds. The maximum atomic E-state index is 12.1. The number of aromatic nitrogens is 2. The van der Waals surface area contributed by atoms with Crippen molar-refractivity contribution >= 4 is 11.9 Å². The minimum Gasteiger partial charge on any atom is -0.487 e. The molecule has 0 saturated heterocycles. The van der Waals surface area contributed by atoms with Crippen LogP contribution >= 0.6 is 0 Å². The fraction of sp³-hybridized carbons (Fsp3) is 0.150. The maximum absolute atomic E-state index is 12.1. The predicted molar refractivity (Wildman–Crippen MR) is 101 cm³/mol. The summed E-state index contributed by atoms with van der Waals surface area (Å²) in [6.45, 7) is 1.85. The number of hydrogen-bond donors (Lipinski definition) is 2. The van der Waals surface area contributed by atoms with Crippen LogP contribution in [0.3, 0.4) is 0 Å². The molecule has 0 aliphatic carbocycles. The van der Waals surface area contributed by atoms with Gasteiger partial charge in [-0.15, -0.1) is 0 Å². The number of rotatable bonds is 5. The summed E-state index contributed by atoms with van der Waals surface area (Å²) >= 11 is 0. The Bertz CT molecular complexity index is 909. The van der Waals surface area contributed by atoms with E-state index >= 15 is 0 Å². The van der Waals surface area contributed by atoms with Crippen LogP contribution < -0.4 is 15.8 Å². The minimum atomic E-state index is -0.263. The van der Waals surface area contributed by atoms with Gasteiger partial charge in [-0.1, -0.05) is 42.5 Å². The fourth-order valence-corrected chi connectivity index (χ4v) is 2.71. The third-order valence-corrected chi connectivity index (χ3v) is 3.97. The van der Waals surface area contributed by atoms with E-state index in [0.717, 1.165) is 11.1 Å². The molecule has 0 spiro atoms. The van der Waals surface area contributed by atoms with Gasteiger partial charge in [0.1, 0.15) is 12.4 Å². The van der Waals surface area contributed by atoms with Crippen LogP contribution in [-0.4, -0.2) is 22.9 Å². The van der Waals surface area contributed by atoms with Crippen molar-refractivity contribution in [1.82, 2.24) is 15.3 Å². The van der Waals surface area contributed by atoms with Crippen molar-refractivity contribution in [2.75, 3.05) is 12.8 Å². The number of anilines is 1. The third kappa shape index (κ3) is 3.80. The van der Waals surface area contributed by atoms with Crippen molar-refractivity contribution in [2.45, 2.75) is 13.5 Å². The molecular weight excluding hydrogens is 328 g/mol. The SMILES string of the molecule is CNC(=O)c1c(C)nc(N)nc1COc1ccc(-c2ccccc2)cc1. The summed E-state index contributed by atoms with van der Waals surface area (Å²) in [7, 11) is 1.56. The van der Waals surface area contributed by atoms with Crippen LogP contribution in [0.4, 0.5) is 5.95 Å². The van der Waals surface area contributed by atoms with Crippen LogP contribution in [0.15, 0.2) is 54.6 Å². The van der Waals surface area contributed by atoms with Gasteiger partial charge < -0.3 is 15.8 Å². The molecule has 6 heteroatoms. The van der Waals surface area contributed by atoms with E-state index in [1.807, 2.05) is 42.5 Å². The third-order valence-electron chi connectivity index (χ3n) is 3.97. The lowest BCUT2D eigenvalue weighted by atomic mass is 10.1. The molecule has 0 fully saturated rings. The summed E-state index contributed by atoms with van der Waals surface area (Å²) in [6.07, 6.45) is 0. The largest absolute Gasteiger partial charge is 0.487 e. The zero-order valence-corrected chi connectivity index (χ0v) is 14.7. The van der Waals surface area contributed by atoms with Crippen LogP contribution in [0.1, 0.15) is 21.7 Å². The lowest BCUT2D eigenvalue weighted by Crippen LogP contribution is -2.23. The first-order valence-corrected chi connectivity index (χ1v) is 8.22. The number of nitrogen functional groups attached to an aromatic ring is 1. The Morgan fingerprint density at radius 2 is 1.69 bits per heavy atom. The Hall–Kier alpha value is -3.41. The lowest BCUT2D eigenvalue weighted by Gasteiger charge is -2.12. The number of nitrogens with zero attached hydrogens (tertiary/aromatic N) is 2. The van der Waals surface area contributed by atoms with Gasteiger partial charge in [0.25, 0.3) is 5.91 Å². The zero-order valence-electron chi connectivity index (χ0n) is 14.7. The summed E-state index contributed by atoms with van der Waals surface area (Å²) in [5.74, 6) is 0.538. The van der Waals surface area contributed by atoms with Gasteiger partial charge >= 0.3 is 0 Å². The van der Waals surface area contributed by atoms with Crippen LogP contribution in [0.5, 0.6) is 5.75 Å². The molecule has 0 aliphatic rings. The van der Waals surface area contributed by atoms with E-state index in [-0.39, 0.29) is 18.5 Å². The van der Waals surface area contributed by atoms with Gasteiger partial charge in [-0.2, -0.15) is 0 Å². The highest BCUT2D eigenvalue weighted by Crippen LogP contribution is 2.23. The molecule has 0 unspecified atom stereocenters. The number of carbonyl (C=O) groups is 1. The first kappa shape index (κ1) is 17.4. The van der Waals surface area contributed by atoms with Crippen molar-refractivity contribution in [3.8, 4) is 16.9 Å². The molecule has 0 saturated carbocycles. The Morgan fingerprint density at radius 3 is 2.35 bits per heavy atom. The van der Waals surface area contributed by atoms with Crippen molar-refractivity contribution in [2.24, 2.45) is 0 Å². The van der Waals surface area contributed by atoms with Gasteiger partial charge in [0.15, 0.2) is 0 Å². The second kappa shape index (κ2) is 7.65. The van der Waals surface area contributed by atoms with E-state index in [0.29, 0.717) is 22.7 Å². The smallest absolute Gasteiger partial charge is 0.254 e. The average molecular weight is 348 g/mol. The van der Waals surface area contributed by atoms with Crippen LogP contribution in [0.2, 0.25) is 0 Å². The van der Waals surface area contributed by atoms with Crippen LogP contribution in [0.25, 0.3) is 11.1 Å². The highest BCUT2D eigenvalue weighted by molar-refractivity contribution is 5.96. The number of carbonyl (C=O) groups excluding carboxylic acids is 1. The first-order chi connectivity index (χ1) is 12.6. The Labute approximate surface area is 152 Å². The van der Waals surface area contributed by atoms with E-state index in [1.165, 1.54) is 0 Å². The van der Waals surface area contributed by atoms with Crippen molar-refractivity contribution in [3.05, 3.63) is 71.5 Å². The zero-order chi connectivity index (χ0) is 18.5. The summed E-state index contributed by atoms with van der Waals surface area (Å²) in [6, 6.07) is 17.9. The monoisotopic (exact) mass is 348 g/mol. The standard InChI is InChI=1S/C20H20N4O2/c1-13-18(19(25)22-2)17(24-20(21)23-13)12-26-16-10-8-15(9-11-16)14-6-4-3-5-7-14/h3-11H,12H2,1-2H3,(H,22,25)(H2,21,23,24). The van der Waals surface area contributed by atoms with Crippen LogP contribution in [-0.2, 0) is 6.61 Å². The molecule has 0 atom stereocenters. The van der Waals surface area contributed by atoms with Crippen molar-refractivity contribution in [3.63, 3.8) is 0 Å². The van der Waals surface area contributed by atoms with Gasteiger partial charge in [0.2, 0.25) is 5.95 Å². The molecule has 3 rings (SSSR count). The van der Waals surface area contributed by atoms with Gasteiger partial charge in [-0.25, -0.2) is 9.97 Å². The maximum Gasteiger partial charge on any atom is 0.254 e. The molecule has 0 aliphatic heterocycles. The van der Waals surface area contributed by atoms with Crippen molar-refractivity contribution in [1.29, 1.82) is 0 Å². The average Bonchev–Trinajstić information content (AvgIpc) is 2.66. The second-order valence-electron chi connectivity index (χ2n) is 5.75. The van der Waals surface area contributed by atoms with E-state index in [9.17, 15) is 4.79 Å². The minimum absolute atomic E-state index is 0.119. The molecule has 0 bridgehead atoms. The topological polar surface area (TPSA) is 90.1 Å². The Balaban J connectivity index is 1.78. The molecular formula is C20H20N4O2. The molecule has 1 heterocycles. The number of nitrogens with two attached hydrogens (primary N) is 1. The normalized spacial score (nSPS) is 10.4. The summed E-state index contributed by atoms with van der Waals surface area (Å²) in [4.78, 5) is 20.3. The highest BCUT2D eigenvalue weighted by atomic mass is 16.5. The molecule has 0 radical (unpaired) electrons. The van der Waals surface area contributed by atoms with E-state index < -0.39 is 0 Å². The van der Waals surface area contributed by atoms with Gasteiger partial charge in [-0.05, 0) is 30.2 Å². The highest BCUT2D eigenvalue weighted by Gasteiger charge is 2.17. The van der Waals surface area contributed by atoms with Crippen LogP contribution in [0, 0.1) is 6.92 Å². The van der Waals surface area contributed by atoms with Gasteiger partial charge in [0.05, 0.1) is 17.0 Å². The molecule has 2 aromatic carbocycles. The number of nitrogens with one attached hydrogen (secondary N) is 1. The van der Waals surface area contributed by atoms with Gasteiger partial charge in [0, 0.05) is 7.05 Å². The second-order valence-corrected chi connectivity index (χ2v) is 5.75. The Morgan fingerprint density at radius 1 is 1.04 bits per heavy atom. The number of amides is 1. The summed E-state index contributed by atoms with van der Waals surface area (Å²) in [5.41, 5.74) is 9.33. The van der Waals surface area contributed by atoms with Gasteiger partial charge in [-0.3, -0.25) is 4.79 Å². The molecule has 3 aromatic rings. The molecule has 132 valence electrons. The molecule has 1 aromatic heterocycles. The van der Waals surface area contributed by atoms with Crippen molar-refractivity contribution < 1.29 is 9.53 Å². The number of hydrogen-bond acceptors (Lipinski definition) is 5. The molecule has 3 N–H and O–H groups in total. The van der Waals surface area contributed by atoms with E-state index in [4.69, 9.17) is 10.5 Å². The predicted octanol–water partition coefficient (Wildman–Crippen LogP) is 2.97. The van der Waals surface area contributed by atoms with E-state index in [1.54, 1.807) is 14.0 Å². The lowest BCUT2D eigenvalue weighted by molar-refractivity contribution is 0.0959. The summed E-state index contributed by atoms with van der Waals surface area (Å²) in [5, 5.41) is 2.59. The van der Waals surface area contributed by atoms with E-state index in [2.05, 4.69) is 27.4 Å². The Kier molecular flexibility index (Phi) is 5.12. The number of ether oxygens (including phenoxy) is 1. The summed E-state index contributed by atoms with van der Waals surface area (Å²) < 4.78 is 5.80. The number of benzene rings is 2. The quantitative estimate of drug-likeness (QED) is 0.740.